The second-order valence-electron chi connectivity index (χ2n) is 0.100. The van der Waals surface area contributed by atoms with Crippen LogP contribution in [-0.4, -0.2) is 10.5 Å². The summed E-state index contributed by atoms with van der Waals surface area (Å²) < 4.78 is 0. The van der Waals surface area contributed by atoms with E-state index in [9.17, 15) is 0 Å². The number of rotatable bonds is 0. The van der Waals surface area contributed by atoms with Crippen molar-refractivity contribution in [3.63, 3.8) is 0 Å². The largest absolute Gasteiger partial charge is 0.255 e. The minimum absolute atomic E-state index is 1.44. The molecule has 5 heavy (non-hydrogen) atoms. The predicted octanol–water partition coefficient (Wildman–Crippen LogP) is 0.415. The number of thiocyanates is 1. The Labute approximate surface area is 34.8 Å². The fourth-order valence-corrected chi connectivity index (χ4v) is 0. The smallest absolute Gasteiger partial charge is 0.130 e. The van der Waals surface area contributed by atoms with Gasteiger partial charge in [0.15, 0.2) is 0 Å². The molecule has 0 saturated heterocycles. The van der Waals surface area contributed by atoms with E-state index in [0.29, 0.717) is 0 Å². The van der Waals surface area contributed by atoms with Gasteiger partial charge in [-0.05, 0) is 0 Å². The number of nitrogens with zero attached hydrogens (tertiary/aromatic N) is 1. The molecule has 0 aromatic heterocycles. The van der Waals surface area contributed by atoms with Gasteiger partial charge in [0.2, 0.25) is 0 Å². The minimum Gasteiger partial charge on any atom is -0.255 e. The van der Waals surface area contributed by atoms with Crippen LogP contribution in [0.25, 0.3) is 0 Å². The van der Waals surface area contributed by atoms with Gasteiger partial charge < -0.3 is 0 Å². The minimum atomic E-state index is 1.44. The van der Waals surface area contributed by atoms with E-state index >= 15 is 0 Å². The molecular weight excluding hydrogens is 90.1 g/mol. The highest BCUT2D eigenvalue weighted by molar-refractivity contribution is 7.85. The van der Waals surface area contributed by atoms with Crippen molar-refractivity contribution in [2.24, 2.45) is 0 Å². The molecule has 0 unspecified atom stereocenters. The van der Waals surface area contributed by atoms with Crippen LogP contribution in [0.1, 0.15) is 0 Å². The molecule has 0 aliphatic rings. The fourth-order valence-electron chi connectivity index (χ4n) is 0. The maximum absolute atomic E-state index is 7.18. The van der Waals surface area contributed by atoms with E-state index in [1.165, 1.54) is 5.40 Å². The zero-order valence-corrected chi connectivity index (χ0v) is 3.18. The van der Waals surface area contributed by atoms with Crippen molar-refractivity contribution in [3.05, 3.63) is 0 Å². The molecule has 0 fully saturated rings. The maximum Gasteiger partial charge on any atom is 0.130 e. The first kappa shape index (κ1) is 8.83. The average molecular weight is 93.1 g/mol. The van der Waals surface area contributed by atoms with Gasteiger partial charge in [0.05, 0.1) is 0 Å². The number of hydrogen-bond donors (Lipinski definition) is 3. The molecule has 0 atom stereocenters. The van der Waals surface area contributed by atoms with Gasteiger partial charge in [-0.3, -0.25) is 10.5 Å². The van der Waals surface area contributed by atoms with E-state index in [1.807, 2.05) is 0 Å². The molecule has 0 heterocycles. The van der Waals surface area contributed by atoms with Crippen LogP contribution in [-0.2, 0) is 0 Å². The quantitative estimate of drug-likeness (QED) is 0.176. The van der Waals surface area contributed by atoms with Gasteiger partial charge in [-0.25, -0.2) is 0 Å². The molecule has 0 bridgehead atoms. The van der Waals surface area contributed by atoms with Gasteiger partial charge >= 0.3 is 0 Å². The van der Waals surface area contributed by atoms with Crippen molar-refractivity contribution in [2.45, 2.75) is 0 Å². The Kier molecular flexibility index (Phi) is 87.6. The average Bonchev–Trinajstić information content (AvgIpc) is 1.46. The normalized spacial score (nSPS) is 2.80. The Morgan fingerprint density at radius 2 is 1.60 bits per heavy atom. The fraction of sp³-hybridized carbons (Fsp3) is 0. The third-order valence-corrected chi connectivity index (χ3v) is 0. The number of thiol groups is 1. The van der Waals surface area contributed by atoms with Crippen molar-refractivity contribution in [1.29, 1.82) is 5.26 Å². The highest BCUT2D eigenvalue weighted by atomic mass is 32.1. The molecule has 4 heteroatoms. The molecular formula is CH3NO2S. The summed E-state index contributed by atoms with van der Waals surface area (Å²) in [7, 11) is 0. The van der Waals surface area contributed by atoms with Crippen LogP contribution in [0.15, 0.2) is 0 Å². The molecule has 0 aliphatic heterocycles. The topological polar surface area (TPSA) is 64.2 Å². The summed E-state index contributed by atoms with van der Waals surface area (Å²) in [4.78, 5) is 0. The van der Waals surface area contributed by atoms with E-state index < -0.39 is 0 Å². The molecule has 0 radical (unpaired) electrons. The lowest BCUT2D eigenvalue weighted by Gasteiger charge is -1.25. The third-order valence-electron chi connectivity index (χ3n) is 0. The van der Waals surface area contributed by atoms with Gasteiger partial charge in [-0.15, -0.1) is 0 Å². The van der Waals surface area contributed by atoms with Crippen molar-refractivity contribution < 1.29 is 10.5 Å². The highest BCUT2D eigenvalue weighted by Crippen LogP contribution is 1.46. The molecule has 0 saturated carbocycles. The molecule has 0 amide bonds. The summed E-state index contributed by atoms with van der Waals surface area (Å²) in [5.74, 6) is 0. The summed E-state index contributed by atoms with van der Waals surface area (Å²) in [5.41, 5.74) is 0. The summed E-state index contributed by atoms with van der Waals surface area (Å²) in [6, 6.07) is 0. The first-order chi connectivity index (χ1) is 2.41. The van der Waals surface area contributed by atoms with Crippen molar-refractivity contribution >= 4 is 12.6 Å². The first-order valence-electron chi connectivity index (χ1n) is 0.647. The molecule has 3 nitrogen and oxygen atoms in total. The summed E-state index contributed by atoms with van der Waals surface area (Å²) >= 11 is 3.09. The van der Waals surface area contributed by atoms with Crippen LogP contribution < -0.4 is 0 Å². The van der Waals surface area contributed by atoms with Crippen LogP contribution in [0, 0.1) is 10.7 Å². The molecule has 0 aromatic carbocycles. The lowest BCUT2D eigenvalue weighted by atomic mass is 11.8. The maximum atomic E-state index is 7.18. The lowest BCUT2D eigenvalue weighted by Crippen LogP contribution is -1.29. The Bertz CT molecular complexity index is 31.1. The van der Waals surface area contributed by atoms with Crippen molar-refractivity contribution in [1.82, 2.24) is 0 Å². The monoisotopic (exact) mass is 93.0 g/mol. The van der Waals surface area contributed by atoms with E-state index in [4.69, 9.17) is 15.8 Å². The summed E-state index contributed by atoms with van der Waals surface area (Å²) in [5, 5.41) is 20.6. The summed E-state index contributed by atoms with van der Waals surface area (Å²) in [6.07, 6.45) is 0. The molecule has 0 aromatic rings. The SMILES string of the molecule is N#CS.OO. The molecule has 0 rings (SSSR count). The predicted molar refractivity (Wildman–Crippen MR) is 19.9 cm³/mol. The lowest BCUT2D eigenvalue weighted by molar-refractivity contribution is -0.176. The molecule has 2 N–H and O–H groups in total. The van der Waals surface area contributed by atoms with Gasteiger partial charge in [0, 0.05) is 0 Å². The van der Waals surface area contributed by atoms with Crippen molar-refractivity contribution in [3.8, 4) is 5.40 Å². The van der Waals surface area contributed by atoms with Gasteiger partial charge in [-0.2, -0.15) is 5.26 Å². The Morgan fingerprint density at radius 1 is 1.60 bits per heavy atom. The highest BCUT2D eigenvalue weighted by Gasteiger charge is 1.18. The number of nitriles is 1. The zero-order chi connectivity index (χ0) is 4.71. The third kappa shape index (κ3) is 202. The second kappa shape index (κ2) is 49.6. The molecule has 0 aliphatic carbocycles. The van der Waals surface area contributed by atoms with E-state index in [-0.39, 0.29) is 0 Å². The molecule has 30 valence electrons. The van der Waals surface area contributed by atoms with Crippen LogP contribution in [0.5, 0.6) is 0 Å². The Hall–Kier alpha value is -0.240. The van der Waals surface area contributed by atoms with Crippen LogP contribution in [0.4, 0.5) is 0 Å². The van der Waals surface area contributed by atoms with Gasteiger partial charge in [0.1, 0.15) is 5.40 Å². The zero-order valence-electron chi connectivity index (χ0n) is 2.29. The van der Waals surface area contributed by atoms with E-state index in [0.717, 1.165) is 0 Å². The number of hydrogen-bond acceptors (Lipinski definition) is 4. The second-order valence-corrected chi connectivity index (χ2v) is 0.300. The van der Waals surface area contributed by atoms with Gasteiger partial charge in [0.25, 0.3) is 0 Å². The molecule has 0 spiro atoms. The van der Waals surface area contributed by atoms with Crippen molar-refractivity contribution in [2.75, 3.05) is 0 Å². The Morgan fingerprint density at radius 3 is 1.60 bits per heavy atom. The standard InChI is InChI=1S/CHNS.H2O2/c2-1-3;1-2/h3H;1-2H. The van der Waals surface area contributed by atoms with Gasteiger partial charge in [-0.1, -0.05) is 12.6 Å². The van der Waals surface area contributed by atoms with Crippen LogP contribution >= 0.6 is 12.6 Å². The van der Waals surface area contributed by atoms with E-state index in [2.05, 4.69) is 12.6 Å². The van der Waals surface area contributed by atoms with Crippen LogP contribution in [0.3, 0.4) is 0 Å². The Balaban J connectivity index is 0. The first-order valence-corrected chi connectivity index (χ1v) is 1.09. The van der Waals surface area contributed by atoms with E-state index in [1.54, 1.807) is 0 Å². The van der Waals surface area contributed by atoms with Crippen LogP contribution in [0.2, 0.25) is 0 Å². The summed E-state index contributed by atoms with van der Waals surface area (Å²) in [6.45, 7) is 0.